The van der Waals surface area contributed by atoms with Crippen molar-refractivity contribution in [1.29, 1.82) is 0 Å². The van der Waals surface area contributed by atoms with Crippen LogP contribution in [0, 0.1) is 5.82 Å². The van der Waals surface area contributed by atoms with E-state index in [1.807, 2.05) is 0 Å². The molecule has 2 aromatic rings. The van der Waals surface area contributed by atoms with Gasteiger partial charge in [0.2, 0.25) is 0 Å². The number of hydrogen-bond acceptors (Lipinski definition) is 5. The Morgan fingerprint density at radius 2 is 2.30 bits per heavy atom. The summed E-state index contributed by atoms with van der Waals surface area (Å²) in [5.74, 6) is -1.64. The molecule has 9 heteroatoms. The Hall–Kier alpha value is -1.22. The highest BCUT2D eigenvalue weighted by Crippen LogP contribution is 2.35. The van der Waals surface area contributed by atoms with E-state index in [9.17, 15) is 9.18 Å². The molecule has 1 atom stereocenters. The van der Waals surface area contributed by atoms with Crippen molar-refractivity contribution in [2.75, 3.05) is 5.32 Å². The molecule has 106 valence electrons. The monoisotopic (exact) mass is 379 g/mol. The number of carboxylic acids is 1. The number of benzene rings is 1. The fourth-order valence-corrected chi connectivity index (χ4v) is 3.03. The molecule has 0 saturated heterocycles. The zero-order chi connectivity index (χ0) is 14.9. The lowest BCUT2D eigenvalue weighted by Crippen LogP contribution is -2.20. The molecule has 1 aromatic heterocycles. The van der Waals surface area contributed by atoms with Crippen LogP contribution in [0.4, 0.5) is 15.2 Å². The maximum absolute atomic E-state index is 13.1. The van der Waals surface area contributed by atoms with E-state index in [1.165, 1.54) is 22.8 Å². The van der Waals surface area contributed by atoms with Crippen LogP contribution in [-0.4, -0.2) is 16.1 Å². The van der Waals surface area contributed by atoms with Crippen LogP contribution in [-0.2, 0) is 4.79 Å². The van der Waals surface area contributed by atoms with Gasteiger partial charge in [-0.15, -0.1) is 11.3 Å². The molecule has 0 fully saturated rings. The number of aromatic nitrogens is 1. The van der Waals surface area contributed by atoms with Gasteiger partial charge in [0.1, 0.15) is 11.9 Å². The fourth-order valence-electron chi connectivity index (χ4n) is 1.38. The number of anilines is 2. The molecule has 2 rings (SSSR count). The van der Waals surface area contributed by atoms with Crippen molar-refractivity contribution in [2.45, 2.75) is 6.04 Å². The molecule has 0 radical (unpaired) electrons. The SMILES string of the molecule is NC(C(=O)O)c1csc(Nc2c(Cl)cc(F)cc2Br)n1. The zero-order valence-electron chi connectivity index (χ0n) is 9.73. The quantitative estimate of drug-likeness (QED) is 0.755. The van der Waals surface area contributed by atoms with Crippen molar-refractivity contribution in [1.82, 2.24) is 4.98 Å². The van der Waals surface area contributed by atoms with Crippen LogP contribution < -0.4 is 11.1 Å². The van der Waals surface area contributed by atoms with Gasteiger partial charge in [-0.25, -0.2) is 9.37 Å². The number of nitrogens with two attached hydrogens (primary N) is 1. The topological polar surface area (TPSA) is 88.2 Å². The zero-order valence-corrected chi connectivity index (χ0v) is 12.9. The van der Waals surface area contributed by atoms with Gasteiger partial charge in [0, 0.05) is 9.85 Å². The van der Waals surface area contributed by atoms with Crippen molar-refractivity contribution in [3.63, 3.8) is 0 Å². The van der Waals surface area contributed by atoms with Gasteiger partial charge >= 0.3 is 5.97 Å². The number of rotatable bonds is 4. The van der Waals surface area contributed by atoms with Crippen molar-refractivity contribution < 1.29 is 14.3 Å². The second-order valence-corrected chi connectivity index (χ2v) is 5.88. The van der Waals surface area contributed by atoms with E-state index in [4.69, 9.17) is 22.4 Å². The second-order valence-electron chi connectivity index (χ2n) is 3.76. The van der Waals surface area contributed by atoms with E-state index in [1.54, 1.807) is 0 Å². The maximum Gasteiger partial charge on any atom is 0.326 e. The molecule has 0 aliphatic carbocycles. The van der Waals surface area contributed by atoms with Crippen molar-refractivity contribution in [2.24, 2.45) is 5.73 Å². The summed E-state index contributed by atoms with van der Waals surface area (Å²) >= 11 is 10.3. The minimum Gasteiger partial charge on any atom is -0.480 e. The van der Waals surface area contributed by atoms with Crippen LogP contribution >= 0.6 is 38.9 Å². The number of nitrogens with one attached hydrogen (secondary N) is 1. The number of carbonyl (C=O) groups is 1. The van der Waals surface area contributed by atoms with Crippen molar-refractivity contribution >= 4 is 55.7 Å². The lowest BCUT2D eigenvalue weighted by atomic mass is 10.2. The third-order valence-electron chi connectivity index (χ3n) is 2.35. The Labute approximate surface area is 130 Å². The van der Waals surface area contributed by atoms with Gasteiger partial charge < -0.3 is 16.2 Å². The molecule has 5 nitrogen and oxygen atoms in total. The van der Waals surface area contributed by atoms with E-state index in [-0.39, 0.29) is 10.7 Å². The molecule has 1 heterocycles. The van der Waals surface area contributed by atoms with Gasteiger partial charge in [-0.3, -0.25) is 4.79 Å². The average Bonchev–Trinajstić information content (AvgIpc) is 2.81. The molecule has 1 aromatic carbocycles. The summed E-state index contributed by atoms with van der Waals surface area (Å²) in [5, 5.41) is 13.8. The molecule has 0 aliphatic rings. The lowest BCUT2D eigenvalue weighted by molar-refractivity contribution is -0.138. The second kappa shape index (κ2) is 6.04. The standard InChI is InChI=1S/C11H8BrClFN3O2S/c12-5-1-4(14)2-6(13)9(5)17-11-16-7(3-20-11)8(15)10(18)19/h1-3,8H,15H2,(H,16,17)(H,18,19). The van der Waals surface area contributed by atoms with E-state index in [0.29, 0.717) is 15.3 Å². The highest BCUT2D eigenvalue weighted by molar-refractivity contribution is 9.10. The van der Waals surface area contributed by atoms with E-state index in [2.05, 4.69) is 26.2 Å². The number of hydrogen-bond donors (Lipinski definition) is 3. The van der Waals surface area contributed by atoms with Crippen LogP contribution in [0.3, 0.4) is 0 Å². The molecule has 0 aliphatic heterocycles. The first kappa shape index (κ1) is 15.2. The maximum atomic E-state index is 13.1. The first-order valence-electron chi connectivity index (χ1n) is 5.24. The van der Waals surface area contributed by atoms with E-state index < -0.39 is 17.8 Å². The van der Waals surface area contributed by atoms with Gasteiger partial charge in [-0.05, 0) is 28.1 Å². The molecule has 20 heavy (non-hydrogen) atoms. The van der Waals surface area contributed by atoms with E-state index >= 15 is 0 Å². The largest absolute Gasteiger partial charge is 0.480 e. The number of thiazole rings is 1. The summed E-state index contributed by atoms with van der Waals surface area (Å²) in [5.41, 5.74) is 6.13. The van der Waals surface area contributed by atoms with Crippen LogP contribution in [0.1, 0.15) is 11.7 Å². The van der Waals surface area contributed by atoms with Crippen molar-refractivity contribution in [3.05, 3.63) is 38.5 Å². The molecule has 0 spiro atoms. The third-order valence-corrected chi connectivity index (χ3v) is 4.04. The average molecular weight is 381 g/mol. The van der Waals surface area contributed by atoms with E-state index in [0.717, 1.165) is 6.07 Å². The first-order valence-corrected chi connectivity index (χ1v) is 7.29. The Kier molecular flexibility index (Phi) is 4.59. The van der Waals surface area contributed by atoms with Crippen LogP contribution in [0.25, 0.3) is 0 Å². The van der Waals surface area contributed by atoms with Crippen LogP contribution in [0.5, 0.6) is 0 Å². The predicted molar refractivity (Wildman–Crippen MR) is 79.1 cm³/mol. The molecular weight excluding hydrogens is 373 g/mol. The fraction of sp³-hybridized carbons (Fsp3) is 0.0909. The van der Waals surface area contributed by atoms with Gasteiger partial charge in [0.15, 0.2) is 5.13 Å². The Balaban J connectivity index is 2.25. The third kappa shape index (κ3) is 3.26. The minimum atomic E-state index is -1.19. The Morgan fingerprint density at radius 3 is 2.90 bits per heavy atom. The molecule has 1 unspecified atom stereocenters. The van der Waals surface area contributed by atoms with Gasteiger partial charge in [0.05, 0.1) is 16.4 Å². The van der Waals surface area contributed by atoms with Gasteiger partial charge in [-0.2, -0.15) is 0 Å². The number of carboxylic acid groups (broad SMARTS) is 1. The van der Waals surface area contributed by atoms with Crippen LogP contribution in [0.2, 0.25) is 5.02 Å². The van der Waals surface area contributed by atoms with Gasteiger partial charge in [-0.1, -0.05) is 11.6 Å². The molecule has 0 saturated carbocycles. The Morgan fingerprint density at radius 1 is 1.60 bits per heavy atom. The summed E-state index contributed by atoms with van der Waals surface area (Å²) < 4.78 is 13.5. The number of aliphatic carboxylic acids is 1. The minimum absolute atomic E-state index is 0.177. The summed E-state index contributed by atoms with van der Waals surface area (Å²) in [4.78, 5) is 14.8. The summed E-state index contributed by atoms with van der Waals surface area (Å²) in [6, 6.07) is 1.23. The Bertz CT molecular complexity index is 644. The summed E-state index contributed by atoms with van der Waals surface area (Å²) in [6.07, 6.45) is 0. The highest BCUT2D eigenvalue weighted by atomic mass is 79.9. The number of nitrogens with zero attached hydrogens (tertiary/aromatic N) is 1. The first-order chi connectivity index (χ1) is 9.38. The smallest absolute Gasteiger partial charge is 0.326 e. The highest BCUT2D eigenvalue weighted by Gasteiger charge is 2.18. The molecule has 0 amide bonds. The number of halogens is 3. The summed E-state index contributed by atoms with van der Waals surface area (Å²) in [7, 11) is 0. The van der Waals surface area contributed by atoms with Gasteiger partial charge in [0.25, 0.3) is 0 Å². The molecule has 4 N–H and O–H groups in total. The normalized spacial score (nSPS) is 12.2. The van der Waals surface area contributed by atoms with Crippen molar-refractivity contribution in [3.8, 4) is 0 Å². The lowest BCUT2D eigenvalue weighted by Gasteiger charge is -2.08. The van der Waals surface area contributed by atoms with Crippen LogP contribution in [0.15, 0.2) is 22.0 Å². The summed E-state index contributed by atoms with van der Waals surface area (Å²) in [6.45, 7) is 0. The molecule has 0 bridgehead atoms. The predicted octanol–water partition coefficient (Wildman–Crippen LogP) is 3.53. The molecular formula is C11H8BrClFN3O2S.